The number of pyridine rings is 2. The van der Waals surface area contributed by atoms with Crippen LogP contribution >= 0.6 is 0 Å². The fourth-order valence-corrected chi connectivity index (χ4v) is 4.52. The molecule has 5 heterocycles. The molecule has 1 amide bonds. The van der Waals surface area contributed by atoms with Gasteiger partial charge in [0.25, 0.3) is 5.91 Å². The standard InChI is InChI=1S/C22H23N5O3/c1-27(19-10-30-9-18-12(19)4-5-15(24-18)11-2-3-11)22(28)17-6-16-20(25-17)13-7-29-8-14(13)21(23)26-16/h4-6,11,19,25H,2-3,7-10H2,1H3,(H2,23,26)/t19-/m0/s1. The molecule has 1 aliphatic carbocycles. The number of hydrogen-bond acceptors (Lipinski definition) is 6. The predicted molar refractivity (Wildman–Crippen MR) is 110 cm³/mol. The number of anilines is 1. The summed E-state index contributed by atoms with van der Waals surface area (Å²) in [7, 11) is 1.81. The van der Waals surface area contributed by atoms with E-state index in [0.29, 0.717) is 49.4 Å². The number of nitrogens with two attached hydrogens (primary N) is 1. The van der Waals surface area contributed by atoms with E-state index >= 15 is 0 Å². The first kappa shape index (κ1) is 17.9. The number of nitrogens with zero attached hydrogens (tertiary/aromatic N) is 3. The highest BCUT2D eigenvalue weighted by atomic mass is 16.5. The van der Waals surface area contributed by atoms with Crippen LogP contribution in [0.15, 0.2) is 18.2 Å². The maximum Gasteiger partial charge on any atom is 0.270 e. The SMILES string of the molecule is CN(C(=O)c1cc2nc(N)c3c(c2[nH]1)COC3)[C@H]1COCc2nc(C3CC3)ccc21. The molecule has 0 spiro atoms. The maximum atomic E-state index is 13.3. The number of hydrogen-bond donors (Lipinski definition) is 2. The summed E-state index contributed by atoms with van der Waals surface area (Å²) in [4.78, 5) is 27.6. The molecule has 3 N–H and O–H groups in total. The molecule has 1 fully saturated rings. The van der Waals surface area contributed by atoms with Crippen LogP contribution in [0.4, 0.5) is 5.82 Å². The van der Waals surface area contributed by atoms with Crippen LogP contribution in [0.25, 0.3) is 11.0 Å². The molecule has 8 nitrogen and oxygen atoms in total. The highest BCUT2D eigenvalue weighted by Gasteiger charge is 2.32. The number of amides is 1. The number of nitrogen functional groups attached to an aromatic ring is 1. The molecule has 30 heavy (non-hydrogen) atoms. The quantitative estimate of drug-likeness (QED) is 0.694. The third-order valence-corrected chi connectivity index (χ3v) is 6.42. The largest absolute Gasteiger partial charge is 0.383 e. The van der Waals surface area contributed by atoms with Gasteiger partial charge in [-0.3, -0.25) is 9.78 Å². The summed E-state index contributed by atoms with van der Waals surface area (Å²) < 4.78 is 11.3. The van der Waals surface area contributed by atoms with Gasteiger partial charge >= 0.3 is 0 Å². The van der Waals surface area contributed by atoms with Crippen LogP contribution in [0.5, 0.6) is 0 Å². The number of nitrogens with one attached hydrogen (secondary N) is 1. The number of H-pyrrole nitrogens is 1. The molecule has 0 saturated heterocycles. The van der Waals surface area contributed by atoms with Crippen molar-refractivity contribution in [2.24, 2.45) is 0 Å². The van der Waals surface area contributed by atoms with Crippen molar-refractivity contribution < 1.29 is 14.3 Å². The van der Waals surface area contributed by atoms with E-state index in [1.165, 1.54) is 12.8 Å². The van der Waals surface area contributed by atoms with Gasteiger partial charge in [0.2, 0.25) is 0 Å². The average Bonchev–Trinajstić information content (AvgIpc) is 3.33. The second kappa shape index (κ2) is 6.52. The summed E-state index contributed by atoms with van der Waals surface area (Å²) in [5.74, 6) is 0.937. The zero-order valence-electron chi connectivity index (χ0n) is 16.8. The molecule has 6 rings (SSSR count). The highest BCUT2D eigenvalue weighted by Crippen LogP contribution is 2.40. The van der Waals surface area contributed by atoms with Gasteiger partial charge in [-0.15, -0.1) is 0 Å². The Balaban J connectivity index is 1.33. The highest BCUT2D eigenvalue weighted by molar-refractivity contribution is 5.98. The monoisotopic (exact) mass is 405 g/mol. The minimum Gasteiger partial charge on any atom is -0.383 e. The van der Waals surface area contributed by atoms with Gasteiger partial charge in [0.15, 0.2) is 0 Å². The smallest absolute Gasteiger partial charge is 0.270 e. The minimum absolute atomic E-state index is 0.119. The molecule has 1 atom stereocenters. The van der Waals surface area contributed by atoms with Gasteiger partial charge in [-0.05, 0) is 25.0 Å². The molecule has 0 unspecified atom stereocenters. The maximum absolute atomic E-state index is 13.3. The molecule has 3 aliphatic rings. The van der Waals surface area contributed by atoms with Gasteiger partial charge in [0.05, 0.1) is 49.2 Å². The summed E-state index contributed by atoms with van der Waals surface area (Å²) in [6, 6.07) is 5.80. The van der Waals surface area contributed by atoms with Gasteiger partial charge in [0.1, 0.15) is 11.5 Å². The lowest BCUT2D eigenvalue weighted by molar-refractivity contribution is 0.0326. The Morgan fingerprint density at radius 3 is 2.83 bits per heavy atom. The van der Waals surface area contributed by atoms with Gasteiger partial charge < -0.3 is 25.1 Å². The molecular weight excluding hydrogens is 382 g/mol. The van der Waals surface area contributed by atoms with E-state index < -0.39 is 0 Å². The molecule has 2 aliphatic heterocycles. The zero-order chi connectivity index (χ0) is 20.4. The number of fused-ring (bicyclic) bond motifs is 4. The van der Waals surface area contributed by atoms with Crippen molar-refractivity contribution in [3.8, 4) is 0 Å². The third-order valence-electron chi connectivity index (χ3n) is 6.42. The van der Waals surface area contributed by atoms with E-state index in [9.17, 15) is 4.79 Å². The molecular formula is C22H23N5O3. The molecule has 3 aromatic heterocycles. The first-order valence-electron chi connectivity index (χ1n) is 10.3. The van der Waals surface area contributed by atoms with E-state index in [1.54, 1.807) is 18.0 Å². The van der Waals surface area contributed by atoms with Crippen LogP contribution in [0.3, 0.4) is 0 Å². The summed E-state index contributed by atoms with van der Waals surface area (Å²) in [5, 5.41) is 0. The van der Waals surface area contributed by atoms with Crippen molar-refractivity contribution in [3.05, 3.63) is 52.0 Å². The number of aromatic amines is 1. The zero-order valence-corrected chi connectivity index (χ0v) is 16.8. The Morgan fingerprint density at radius 2 is 2.00 bits per heavy atom. The molecule has 0 radical (unpaired) electrons. The van der Waals surface area contributed by atoms with Crippen molar-refractivity contribution in [1.82, 2.24) is 19.9 Å². The fourth-order valence-electron chi connectivity index (χ4n) is 4.52. The molecule has 0 bridgehead atoms. The summed E-state index contributed by atoms with van der Waals surface area (Å²) in [6.45, 7) is 1.88. The van der Waals surface area contributed by atoms with Crippen molar-refractivity contribution in [2.75, 3.05) is 19.4 Å². The normalized spacial score (nSPS) is 20.2. The third kappa shape index (κ3) is 2.71. The lowest BCUT2D eigenvalue weighted by atomic mass is 10.0. The van der Waals surface area contributed by atoms with E-state index in [4.69, 9.17) is 20.2 Å². The Morgan fingerprint density at radius 1 is 1.17 bits per heavy atom. The Labute approximate surface area is 173 Å². The van der Waals surface area contributed by atoms with Crippen LogP contribution in [0.2, 0.25) is 0 Å². The number of aromatic nitrogens is 3. The van der Waals surface area contributed by atoms with Gasteiger partial charge in [-0.1, -0.05) is 6.07 Å². The topological polar surface area (TPSA) is 106 Å². The van der Waals surface area contributed by atoms with E-state index in [1.807, 2.05) is 0 Å². The molecule has 3 aromatic rings. The lowest BCUT2D eigenvalue weighted by Gasteiger charge is -2.32. The van der Waals surface area contributed by atoms with Crippen molar-refractivity contribution in [2.45, 2.75) is 44.6 Å². The molecule has 0 aromatic carbocycles. The van der Waals surface area contributed by atoms with Crippen molar-refractivity contribution >= 4 is 22.8 Å². The van der Waals surface area contributed by atoms with E-state index in [-0.39, 0.29) is 11.9 Å². The van der Waals surface area contributed by atoms with Crippen LogP contribution in [-0.4, -0.2) is 39.4 Å². The van der Waals surface area contributed by atoms with Crippen LogP contribution in [0.1, 0.15) is 63.4 Å². The Hall–Kier alpha value is -2.97. The average molecular weight is 405 g/mol. The number of likely N-dealkylation sites (N-methyl/N-ethyl adjacent to an activating group) is 1. The molecule has 8 heteroatoms. The van der Waals surface area contributed by atoms with E-state index in [0.717, 1.165) is 33.6 Å². The Bertz CT molecular complexity index is 1180. The van der Waals surface area contributed by atoms with Crippen LogP contribution in [0, 0.1) is 0 Å². The van der Waals surface area contributed by atoms with E-state index in [2.05, 4.69) is 22.1 Å². The molecule has 1 saturated carbocycles. The number of carbonyl (C=O) groups is 1. The first-order chi connectivity index (χ1) is 14.6. The van der Waals surface area contributed by atoms with Crippen molar-refractivity contribution in [3.63, 3.8) is 0 Å². The minimum atomic E-state index is -0.180. The van der Waals surface area contributed by atoms with Crippen LogP contribution < -0.4 is 5.73 Å². The molecule has 154 valence electrons. The second-order valence-corrected chi connectivity index (χ2v) is 8.38. The second-order valence-electron chi connectivity index (χ2n) is 8.38. The van der Waals surface area contributed by atoms with Gasteiger partial charge in [0, 0.05) is 35.3 Å². The van der Waals surface area contributed by atoms with Gasteiger partial charge in [-0.2, -0.15) is 0 Å². The first-order valence-corrected chi connectivity index (χ1v) is 10.3. The van der Waals surface area contributed by atoms with Crippen molar-refractivity contribution in [1.29, 1.82) is 0 Å². The number of rotatable bonds is 3. The van der Waals surface area contributed by atoms with Crippen LogP contribution in [-0.2, 0) is 29.3 Å². The number of ether oxygens (including phenoxy) is 2. The lowest BCUT2D eigenvalue weighted by Crippen LogP contribution is -2.36. The number of carbonyl (C=O) groups excluding carboxylic acids is 1. The predicted octanol–water partition coefficient (Wildman–Crippen LogP) is 2.79. The Kier molecular flexibility index (Phi) is 3.88. The van der Waals surface area contributed by atoms with Gasteiger partial charge in [-0.25, -0.2) is 4.98 Å². The fraction of sp³-hybridized carbons (Fsp3) is 0.409. The summed E-state index contributed by atoms with van der Waals surface area (Å²) in [6.07, 6.45) is 2.42. The summed E-state index contributed by atoms with van der Waals surface area (Å²) >= 11 is 0. The summed E-state index contributed by atoms with van der Waals surface area (Å²) in [5.41, 5.74) is 13.1.